The molecule has 1 amide bonds. The monoisotopic (exact) mass is 441 g/mol. The van der Waals surface area contributed by atoms with Gasteiger partial charge >= 0.3 is 0 Å². The third kappa shape index (κ3) is 4.43. The Balaban J connectivity index is 1.86. The predicted molar refractivity (Wildman–Crippen MR) is 123 cm³/mol. The molecule has 0 bridgehead atoms. The normalized spacial score (nSPS) is 16.9. The van der Waals surface area contributed by atoms with Crippen molar-refractivity contribution in [3.63, 3.8) is 0 Å². The molecule has 0 saturated carbocycles. The zero-order chi connectivity index (χ0) is 21.8. The Labute approximate surface area is 186 Å². The second kappa shape index (κ2) is 9.32. The average Bonchev–Trinajstić information content (AvgIpc) is 3.27. The highest BCUT2D eigenvalue weighted by molar-refractivity contribution is 6.30. The second-order valence-electron chi connectivity index (χ2n) is 7.98. The van der Waals surface area contributed by atoms with Gasteiger partial charge in [0.15, 0.2) is 0 Å². The molecule has 0 aliphatic carbocycles. The molecule has 31 heavy (non-hydrogen) atoms. The van der Waals surface area contributed by atoms with Crippen LogP contribution in [-0.2, 0) is 4.79 Å². The highest BCUT2D eigenvalue weighted by Gasteiger charge is 2.42. The van der Waals surface area contributed by atoms with E-state index in [0.717, 1.165) is 17.5 Å². The van der Waals surface area contributed by atoms with Gasteiger partial charge in [0.25, 0.3) is 0 Å². The van der Waals surface area contributed by atoms with Crippen LogP contribution < -0.4 is 21.3 Å². The van der Waals surface area contributed by atoms with Crippen LogP contribution in [-0.4, -0.2) is 53.1 Å². The predicted octanol–water partition coefficient (Wildman–Crippen LogP) is 2.38. The summed E-state index contributed by atoms with van der Waals surface area (Å²) in [7, 11) is 1.90. The summed E-state index contributed by atoms with van der Waals surface area (Å²) in [5, 5.41) is 7.94. The summed E-state index contributed by atoms with van der Waals surface area (Å²) in [5.41, 5.74) is 7.42. The van der Waals surface area contributed by atoms with Crippen LogP contribution >= 0.6 is 11.6 Å². The van der Waals surface area contributed by atoms with Gasteiger partial charge in [0.05, 0.1) is 17.0 Å². The minimum atomic E-state index is -0.955. The van der Waals surface area contributed by atoms with Gasteiger partial charge in [-0.05, 0) is 69.7 Å². The first kappa shape index (κ1) is 21.7. The van der Waals surface area contributed by atoms with Crippen molar-refractivity contribution in [2.75, 3.05) is 31.6 Å². The smallest absolute Gasteiger partial charge is 0.248 e. The molecule has 8 nitrogen and oxygen atoms in total. The fraction of sp³-hybridized carbons (Fsp3) is 0.409. The lowest BCUT2D eigenvalue weighted by atomic mass is 9.86. The fourth-order valence-electron chi connectivity index (χ4n) is 4.17. The molecule has 2 aromatic heterocycles. The second-order valence-corrected chi connectivity index (χ2v) is 8.41. The molecule has 1 saturated heterocycles. The standard InChI is InChI=1S/C22H28ClN7O/c1-25-10-7-18(15-2-4-16(23)5-3-15)30(21(31)22(24)8-12-26-13-9-22)20-17-6-11-27-19(17)28-14-29-20/h2-6,11,14,18,25-26H,7-10,12-13,24H2,1H3,(H,27,28,29). The van der Waals surface area contributed by atoms with E-state index in [1.807, 2.05) is 37.4 Å². The van der Waals surface area contributed by atoms with Crippen molar-refractivity contribution < 1.29 is 4.79 Å². The largest absolute Gasteiger partial charge is 0.346 e. The molecular formula is C22H28ClN7O. The molecule has 0 radical (unpaired) electrons. The Hall–Kier alpha value is -2.52. The van der Waals surface area contributed by atoms with Gasteiger partial charge in [0.2, 0.25) is 5.91 Å². The summed E-state index contributed by atoms with van der Waals surface area (Å²) in [6, 6.07) is 9.25. The number of hydrogen-bond donors (Lipinski definition) is 4. The summed E-state index contributed by atoms with van der Waals surface area (Å²) >= 11 is 6.14. The summed E-state index contributed by atoms with van der Waals surface area (Å²) in [4.78, 5) is 27.8. The minimum Gasteiger partial charge on any atom is -0.346 e. The molecule has 1 fully saturated rings. The van der Waals surface area contributed by atoms with Gasteiger partial charge in [-0.3, -0.25) is 9.69 Å². The maximum Gasteiger partial charge on any atom is 0.248 e. The number of H-pyrrole nitrogens is 1. The van der Waals surface area contributed by atoms with Gasteiger partial charge in [-0.1, -0.05) is 23.7 Å². The first-order valence-electron chi connectivity index (χ1n) is 10.5. The number of carbonyl (C=O) groups excluding carboxylic acids is 1. The van der Waals surface area contributed by atoms with Gasteiger partial charge in [-0.2, -0.15) is 0 Å². The third-order valence-electron chi connectivity index (χ3n) is 5.94. The van der Waals surface area contributed by atoms with Crippen LogP contribution in [0, 0.1) is 0 Å². The van der Waals surface area contributed by atoms with Crippen LogP contribution in [0.1, 0.15) is 30.9 Å². The van der Waals surface area contributed by atoms with Crippen LogP contribution in [0.5, 0.6) is 0 Å². The van der Waals surface area contributed by atoms with E-state index in [2.05, 4.69) is 25.6 Å². The Morgan fingerprint density at radius 1 is 1.26 bits per heavy atom. The lowest BCUT2D eigenvalue weighted by molar-refractivity contribution is -0.125. The highest BCUT2D eigenvalue weighted by atomic mass is 35.5. The molecule has 164 valence electrons. The van der Waals surface area contributed by atoms with E-state index in [-0.39, 0.29) is 11.9 Å². The number of hydrogen-bond acceptors (Lipinski definition) is 6. The zero-order valence-corrected chi connectivity index (χ0v) is 18.3. The van der Waals surface area contributed by atoms with Crippen LogP contribution in [0.2, 0.25) is 5.02 Å². The van der Waals surface area contributed by atoms with Crippen molar-refractivity contribution in [3.05, 3.63) is 53.4 Å². The van der Waals surface area contributed by atoms with Gasteiger partial charge in [0, 0.05) is 11.2 Å². The van der Waals surface area contributed by atoms with E-state index in [1.54, 1.807) is 11.1 Å². The average molecular weight is 442 g/mol. The zero-order valence-electron chi connectivity index (χ0n) is 17.6. The highest BCUT2D eigenvalue weighted by Crippen LogP contribution is 2.36. The fourth-order valence-corrected chi connectivity index (χ4v) is 4.30. The molecular weight excluding hydrogens is 414 g/mol. The van der Waals surface area contributed by atoms with E-state index in [1.165, 1.54) is 6.33 Å². The molecule has 1 aromatic carbocycles. The van der Waals surface area contributed by atoms with Crippen molar-refractivity contribution in [2.24, 2.45) is 5.73 Å². The Morgan fingerprint density at radius 3 is 2.71 bits per heavy atom. The minimum absolute atomic E-state index is 0.119. The lowest BCUT2D eigenvalue weighted by Crippen LogP contribution is -2.60. The molecule has 4 rings (SSSR count). The van der Waals surface area contributed by atoms with Gasteiger partial charge in [0.1, 0.15) is 17.8 Å². The number of anilines is 1. The number of amides is 1. The molecule has 3 aromatic rings. The van der Waals surface area contributed by atoms with E-state index < -0.39 is 5.54 Å². The Kier molecular flexibility index (Phi) is 6.52. The topological polar surface area (TPSA) is 112 Å². The van der Waals surface area contributed by atoms with Crippen LogP contribution in [0.4, 0.5) is 5.82 Å². The SMILES string of the molecule is CNCCC(c1ccc(Cl)cc1)N(C(=O)C1(N)CCNCC1)c1ncnc2[nH]ccc12. The van der Waals surface area contributed by atoms with E-state index in [0.29, 0.717) is 48.8 Å². The van der Waals surface area contributed by atoms with Gasteiger partial charge < -0.3 is 21.4 Å². The van der Waals surface area contributed by atoms with Gasteiger partial charge in [-0.15, -0.1) is 0 Å². The number of rotatable bonds is 7. The first-order valence-corrected chi connectivity index (χ1v) is 10.9. The molecule has 0 spiro atoms. The molecule has 1 aliphatic heterocycles. The van der Waals surface area contributed by atoms with Crippen LogP contribution in [0.15, 0.2) is 42.9 Å². The molecule has 3 heterocycles. The quantitative estimate of drug-likeness (QED) is 0.448. The lowest BCUT2D eigenvalue weighted by Gasteiger charge is -2.40. The number of nitrogens with one attached hydrogen (secondary N) is 3. The number of aromatic nitrogens is 3. The van der Waals surface area contributed by atoms with Crippen LogP contribution in [0.3, 0.4) is 0 Å². The Morgan fingerprint density at radius 2 is 2.00 bits per heavy atom. The van der Waals surface area contributed by atoms with Crippen molar-refractivity contribution in [3.8, 4) is 0 Å². The van der Waals surface area contributed by atoms with Gasteiger partial charge in [-0.25, -0.2) is 9.97 Å². The molecule has 1 unspecified atom stereocenters. The first-order chi connectivity index (χ1) is 15.0. The number of halogens is 1. The summed E-state index contributed by atoms with van der Waals surface area (Å²) < 4.78 is 0. The summed E-state index contributed by atoms with van der Waals surface area (Å²) in [6.45, 7) is 2.14. The van der Waals surface area contributed by atoms with E-state index in [4.69, 9.17) is 17.3 Å². The number of nitrogens with zero attached hydrogens (tertiary/aromatic N) is 3. The molecule has 1 aliphatic rings. The van der Waals surface area contributed by atoms with E-state index >= 15 is 0 Å². The summed E-state index contributed by atoms with van der Waals surface area (Å²) in [5.74, 6) is 0.446. The summed E-state index contributed by atoms with van der Waals surface area (Å²) in [6.07, 6.45) is 5.12. The maximum atomic E-state index is 14.1. The number of nitrogens with two attached hydrogens (primary N) is 1. The van der Waals surface area contributed by atoms with Crippen molar-refractivity contribution in [2.45, 2.75) is 30.8 Å². The van der Waals surface area contributed by atoms with Crippen molar-refractivity contribution in [1.82, 2.24) is 25.6 Å². The van der Waals surface area contributed by atoms with Crippen molar-refractivity contribution >= 4 is 34.4 Å². The maximum absolute atomic E-state index is 14.1. The van der Waals surface area contributed by atoms with Crippen molar-refractivity contribution in [1.29, 1.82) is 0 Å². The molecule has 5 N–H and O–H groups in total. The number of aromatic amines is 1. The number of piperidine rings is 1. The number of benzene rings is 1. The third-order valence-corrected chi connectivity index (χ3v) is 6.19. The number of carbonyl (C=O) groups is 1. The number of fused-ring (bicyclic) bond motifs is 1. The van der Waals surface area contributed by atoms with Crippen LogP contribution in [0.25, 0.3) is 11.0 Å². The van der Waals surface area contributed by atoms with E-state index in [9.17, 15) is 4.79 Å². The Bertz CT molecular complexity index is 1030. The molecule has 9 heteroatoms. The molecule has 1 atom stereocenters.